The van der Waals surface area contributed by atoms with Crippen molar-refractivity contribution in [1.82, 2.24) is 4.98 Å². The van der Waals surface area contributed by atoms with Crippen molar-refractivity contribution < 1.29 is 0 Å². The largest absolute Gasteiger partial charge is 0.287 e. The van der Waals surface area contributed by atoms with Crippen LogP contribution < -0.4 is 0 Å². The van der Waals surface area contributed by atoms with E-state index in [4.69, 9.17) is 11.6 Å². The molecule has 0 aliphatic heterocycles. The average Bonchev–Trinajstić information content (AvgIpc) is 3.09. The molecule has 1 heterocycles. The fraction of sp³-hybridized carbons (Fsp3) is 0.333. The number of aromatic nitrogens is 1. The Bertz CT molecular complexity index is 578. The van der Waals surface area contributed by atoms with E-state index in [0.29, 0.717) is 0 Å². The van der Waals surface area contributed by atoms with Crippen molar-refractivity contribution in [3.8, 4) is 11.3 Å². The van der Waals surface area contributed by atoms with Crippen LogP contribution in [0, 0.1) is 0 Å². The third-order valence-corrected chi connectivity index (χ3v) is 4.40. The first-order chi connectivity index (χ1) is 9.31. The van der Waals surface area contributed by atoms with E-state index >= 15 is 0 Å². The van der Waals surface area contributed by atoms with Crippen LogP contribution in [0.1, 0.15) is 30.7 Å². The number of thiazole rings is 1. The number of hydrogen-bond acceptors (Lipinski definition) is 3. The second-order valence-corrected chi connectivity index (χ2v) is 6.10. The van der Waals surface area contributed by atoms with Gasteiger partial charge in [0.2, 0.25) is 0 Å². The molecule has 1 aromatic heterocycles. The van der Waals surface area contributed by atoms with Gasteiger partial charge in [0, 0.05) is 21.7 Å². The summed E-state index contributed by atoms with van der Waals surface area (Å²) >= 11 is 7.57. The number of rotatable bonds is 3. The van der Waals surface area contributed by atoms with Gasteiger partial charge in [-0.3, -0.25) is 4.99 Å². The minimum Gasteiger partial charge on any atom is -0.287 e. The van der Waals surface area contributed by atoms with E-state index in [9.17, 15) is 0 Å². The average molecular weight is 291 g/mol. The highest BCUT2D eigenvalue weighted by atomic mass is 35.5. The Balaban J connectivity index is 1.72. The van der Waals surface area contributed by atoms with Gasteiger partial charge in [0.25, 0.3) is 0 Å². The zero-order valence-electron chi connectivity index (χ0n) is 10.6. The first kappa shape index (κ1) is 12.8. The van der Waals surface area contributed by atoms with E-state index in [1.807, 2.05) is 24.3 Å². The zero-order chi connectivity index (χ0) is 13.1. The Hall–Kier alpha value is -1.19. The number of halogens is 1. The lowest BCUT2D eigenvalue weighted by molar-refractivity contribution is 0.886. The topological polar surface area (TPSA) is 25.2 Å². The van der Waals surface area contributed by atoms with Gasteiger partial charge in [-0.25, -0.2) is 4.98 Å². The van der Waals surface area contributed by atoms with E-state index in [0.717, 1.165) is 27.8 Å². The quantitative estimate of drug-likeness (QED) is 0.783. The predicted molar refractivity (Wildman–Crippen MR) is 82.2 cm³/mol. The molecule has 2 aromatic rings. The van der Waals surface area contributed by atoms with Crippen LogP contribution in [0.3, 0.4) is 0 Å². The molecule has 0 unspecified atom stereocenters. The minimum absolute atomic E-state index is 0.730. The van der Waals surface area contributed by atoms with Crippen molar-refractivity contribution in [1.29, 1.82) is 0 Å². The van der Waals surface area contributed by atoms with E-state index < -0.39 is 0 Å². The maximum Gasteiger partial charge on any atom is 0.115 e. The standard InChI is InChI=1S/C15H15ClN2S/c16-12-7-5-11(6-8-12)14-10-19-15(18-14)9-17-13-3-1-2-4-13/h5-8,10H,1-4,9H2. The van der Waals surface area contributed by atoms with E-state index in [-0.39, 0.29) is 0 Å². The SMILES string of the molecule is Clc1ccc(-c2csc(CN=C3CCCC3)n2)cc1. The molecular formula is C15H15ClN2S. The molecule has 1 saturated carbocycles. The molecule has 3 rings (SSSR count). The molecule has 1 aliphatic carbocycles. The molecule has 0 atom stereocenters. The third kappa shape index (κ3) is 3.23. The summed E-state index contributed by atoms with van der Waals surface area (Å²) in [7, 11) is 0. The maximum atomic E-state index is 5.89. The van der Waals surface area contributed by atoms with Crippen molar-refractivity contribution in [3.05, 3.63) is 39.7 Å². The number of hydrogen-bond donors (Lipinski definition) is 0. The van der Waals surface area contributed by atoms with Crippen LogP contribution >= 0.6 is 22.9 Å². The third-order valence-electron chi connectivity index (χ3n) is 3.31. The summed E-state index contributed by atoms with van der Waals surface area (Å²) in [6.45, 7) is 0.730. The van der Waals surface area contributed by atoms with Gasteiger partial charge in [-0.2, -0.15) is 0 Å². The van der Waals surface area contributed by atoms with Gasteiger partial charge >= 0.3 is 0 Å². The molecule has 0 saturated heterocycles. The Morgan fingerprint density at radius 2 is 1.89 bits per heavy atom. The van der Waals surface area contributed by atoms with Gasteiger partial charge in [0.15, 0.2) is 0 Å². The van der Waals surface area contributed by atoms with Crippen LogP contribution in [0.5, 0.6) is 0 Å². The molecule has 1 aromatic carbocycles. The highest BCUT2D eigenvalue weighted by Crippen LogP contribution is 2.24. The van der Waals surface area contributed by atoms with Gasteiger partial charge in [-0.05, 0) is 37.8 Å². The summed E-state index contributed by atoms with van der Waals surface area (Å²) < 4.78 is 0. The number of nitrogens with zero attached hydrogens (tertiary/aromatic N) is 2. The monoisotopic (exact) mass is 290 g/mol. The molecule has 0 amide bonds. The normalized spacial score (nSPS) is 14.9. The second-order valence-electron chi connectivity index (χ2n) is 4.72. The predicted octanol–water partition coefficient (Wildman–Crippen LogP) is 4.98. The fourth-order valence-electron chi connectivity index (χ4n) is 2.26. The van der Waals surface area contributed by atoms with Crippen LogP contribution in [0.2, 0.25) is 5.02 Å². The molecule has 0 radical (unpaired) electrons. The van der Waals surface area contributed by atoms with Crippen molar-refractivity contribution >= 4 is 28.6 Å². The summed E-state index contributed by atoms with van der Waals surface area (Å²) in [4.78, 5) is 9.30. The lowest BCUT2D eigenvalue weighted by atomic mass is 10.2. The van der Waals surface area contributed by atoms with Crippen molar-refractivity contribution in [2.75, 3.05) is 0 Å². The summed E-state index contributed by atoms with van der Waals surface area (Å²) in [5.41, 5.74) is 3.49. The van der Waals surface area contributed by atoms with Crippen LogP contribution in [0.4, 0.5) is 0 Å². The lowest BCUT2D eigenvalue weighted by Gasteiger charge is -1.96. The van der Waals surface area contributed by atoms with Gasteiger partial charge in [-0.15, -0.1) is 11.3 Å². The molecule has 1 fully saturated rings. The molecule has 0 spiro atoms. The highest BCUT2D eigenvalue weighted by Gasteiger charge is 2.08. The van der Waals surface area contributed by atoms with Crippen LogP contribution in [0.15, 0.2) is 34.6 Å². The Morgan fingerprint density at radius 3 is 2.63 bits per heavy atom. The summed E-state index contributed by atoms with van der Waals surface area (Å²) in [6, 6.07) is 7.80. The van der Waals surface area contributed by atoms with Gasteiger partial charge < -0.3 is 0 Å². The molecule has 0 N–H and O–H groups in total. The fourth-order valence-corrected chi connectivity index (χ4v) is 3.11. The number of benzene rings is 1. The van der Waals surface area contributed by atoms with E-state index in [1.54, 1.807) is 11.3 Å². The highest BCUT2D eigenvalue weighted by molar-refractivity contribution is 7.09. The van der Waals surface area contributed by atoms with Crippen LogP contribution in [-0.2, 0) is 6.54 Å². The first-order valence-electron chi connectivity index (χ1n) is 6.54. The van der Waals surface area contributed by atoms with Gasteiger partial charge in [-0.1, -0.05) is 23.7 Å². The summed E-state index contributed by atoms with van der Waals surface area (Å²) in [6.07, 6.45) is 4.95. The van der Waals surface area contributed by atoms with E-state index in [1.165, 1.54) is 31.4 Å². The zero-order valence-corrected chi connectivity index (χ0v) is 12.2. The number of aliphatic imine (C=N–C) groups is 1. The molecule has 1 aliphatic rings. The Labute approximate surface area is 122 Å². The second kappa shape index (κ2) is 5.85. The Kier molecular flexibility index (Phi) is 3.95. The first-order valence-corrected chi connectivity index (χ1v) is 7.79. The molecular weight excluding hydrogens is 276 g/mol. The van der Waals surface area contributed by atoms with Gasteiger partial charge in [0.05, 0.1) is 12.2 Å². The van der Waals surface area contributed by atoms with Crippen molar-refractivity contribution in [3.63, 3.8) is 0 Å². The van der Waals surface area contributed by atoms with Gasteiger partial charge in [0.1, 0.15) is 5.01 Å². The molecule has 0 bridgehead atoms. The maximum absolute atomic E-state index is 5.89. The summed E-state index contributed by atoms with van der Waals surface area (Å²) in [5, 5.41) is 3.93. The smallest absolute Gasteiger partial charge is 0.115 e. The van der Waals surface area contributed by atoms with Crippen molar-refractivity contribution in [2.45, 2.75) is 32.2 Å². The summed E-state index contributed by atoms with van der Waals surface area (Å²) in [5.74, 6) is 0. The molecule has 2 nitrogen and oxygen atoms in total. The minimum atomic E-state index is 0.730. The van der Waals surface area contributed by atoms with Crippen molar-refractivity contribution in [2.24, 2.45) is 4.99 Å². The molecule has 19 heavy (non-hydrogen) atoms. The van der Waals surface area contributed by atoms with Crippen LogP contribution in [0.25, 0.3) is 11.3 Å². The van der Waals surface area contributed by atoms with E-state index in [2.05, 4.69) is 15.4 Å². The molecule has 98 valence electrons. The van der Waals surface area contributed by atoms with Crippen LogP contribution in [-0.4, -0.2) is 10.7 Å². The lowest BCUT2D eigenvalue weighted by Crippen LogP contribution is -1.90. The molecule has 4 heteroatoms. The Morgan fingerprint density at radius 1 is 1.16 bits per heavy atom.